The van der Waals surface area contributed by atoms with Gasteiger partial charge in [0.2, 0.25) is 17.7 Å². The van der Waals surface area contributed by atoms with Crippen LogP contribution < -0.4 is 16.8 Å². The predicted molar refractivity (Wildman–Crippen MR) is 102 cm³/mol. The number of rotatable bonds is 7. The van der Waals surface area contributed by atoms with Crippen molar-refractivity contribution < 1.29 is 29.4 Å². The minimum Gasteiger partial charge on any atom is -0.391 e. The molecule has 0 aromatic heterocycles. The van der Waals surface area contributed by atoms with Crippen LogP contribution in [-0.4, -0.2) is 93.6 Å². The van der Waals surface area contributed by atoms with E-state index in [1.165, 1.54) is 18.7 Å². The molecule has 7 N–H and O–H groups in total. The SMILES string of the molecule is C[C@@H](O)[C@H](N)C(=O)N1CC[C@H](C(=O)N(C(=O)[C@@H]2CCCN2)[C@](N)(C=O)[C@@H](C)O)C1. The van der Waals surface area contributed by atoms with Gasteiger partial charge in [-0.15, -0.1) is 0 Å². The van der Waals surface area contributed by atoms with E-state index < -0.39 is 53.6 Å². The fourth-order valence-electron chi connectivity index (χ4n) is 3.64. The molecule has 164 valence electrons. The monoisotopic (exact) mass is 413 g/mol. The number of nitrogens with two attached hydrogens (primary N) is 2. The maximum absolute atomic E-state index is 13.2. The third-order valence-electron chi connectivity index (χ3n) is 5.70. The third-order valence-corrected chi connectivity index (χ3v) is 5.70. The molecule has 0 bridgehead atoms. The molecule has 0 aliphatic carbocycles. The first kappa shape index (κ1) is 23.4. The van der Waals surface area contributed by atoms with Gasteiger partial charge in [0.15, 0.2) is 11.9 Å². The Morgan fingerprint density at radius 1 is 1.24 bits per heavy atom. The summed E-state index contributed by atoms with van der Waals surface area (Å²) in [6.45, 7) is 3.41. The van der Waals surface area contributed by atoms with Crippen LogP contribution in [0.3, 0.4) is 0 Å². The predicted octanol–water partition coefficient (Wildman–Crippen LogP) is -3.12. The molecule has 2 fully saturated rings. The summed E-state index contributed by atoms with van der Waals surface area (Å²) in [7, 11) is 0. The van der Waals surface area contributed by atoms with Crippen LogP contribution in [0.2, 0.25) is 0 Å². The fraction of sp³-hybridized carbons (Fsp3) is 0.778. The first-order chi connectivity index (χ1) is 13.5. The molecule has 2 rings (SSSR count). The highest BCUT2D eigenvalue weighted by atomic mass is 16.3. The van der Waals surface area contributed by atoms with Gasteiger partial charge in [-0.3, -0.25) is 29.8 Å². The van der Waals surface area contributed by atoms with Crippen molar-refractivity contribution in [1.29, 1.82) is 0 Å². The average Bonchev–Trinajstić information content (AvgIpc) is 3.38. The Balaban J connectivity index is 2.25. The molecule has 11 nitrogen and oxygen atoms in total. The smallest absolute Gasteiger partial charge is 0.248 e. The Kier molecular flexibility index (Phi) is 7.46. The molecule has 2 heterocycles. The van der Waals surface area contributed by atoms with Gasteiger partial charge in [-0.05, 0) is 39.7 Å². The highest BCUT2D eigenvalue weighted by Crippen LogP contribution is 2.25. The lowest BCUT2D eigenvalue weighted by Crippen LogP contribution is -2.70. The Morgan fingerprint density at radius 3 is 2.38 bits per heavy atom. The lowest BCUT2D eigenvalue weighted by molar-refractivity contribution is -0.163. The van der Waals surface area contributed by atoms with Crippen molar-refractivity contribution in [2.75, 3.05) is 19.6 Å². The van der Waals surface area contributed by atoms with Crippen molar-refractivity contribution in [1.82, 2.24) is 15.1 Å². The number of aldehydes is 1. The second-order valence-corrected chi connectivity index (χ2v) is 7.88. The lowest BCUT2D eigenvalue weighted by Gasteiger charge is -2.39. The lowest BCUT2D eigenvalue weighted by atomic mass is 9.98. The molecule has 0 unspecified atom stereocenters. The maximum Gasteiger partial charge on any atom is 0.248 e. The van der Waals surface area contributed by atoms with Crippen LogP contribution in [-0.2, 0) is 19.2 Å². The highest BCUT2D eigenvalue weighted by molar-refractivity contribution is 6.02. The normalized spacial score (nSPS) is 27.0. The molecule has 2 aliphatic rings. The van der Waals surface area contributed by atoms with Gasteiger partial charge in [-0.25, -0.2) is 0 Å². The maximum atomic E-state index is 13.2. The van der Waals surface area contributed by atoms with Crippen LogP contribution >= 0.6 is 0 Å². The molecular weight excluding hydrogens is 382 g/mol. The van der Waals surface area contributed by atoms with Crippen molar-refractivity contribution in [2.45, 2.75) is 63.1 Å². The number of nitrogens with one attached hydrogen (secondary N) is 1. The molecule has 0 spiro atoms. The van der Waals surface area contributed by atoms with E-state index in [0.717, 1.165) is 6.42 Å². The van der Waals surface area contributed by atoms with E-state index in [-0.39, 0.29) is 25.8 Å². The number of likely N-dealkylation sites (tertiary alicyclic amines) is 1. The topological polar surface area (TPSA) is 179 Å². The molecule has 11 heteroatoms. The van der Waals surface area contributed by atoms with Crippen molar-refractivity contribution in [3.05, 3.63) is 0 Å². The van der Waals surface area contributed by atoms with E-state index in [4.69, 9.17) is 11.5 Å². The van der Waals surface area contributed by atoms with Crippen LogP contribution in [0.5, 0.6) is 0 Å². The van der Waals surface area contributed by atoms with Crippen molar-refractivity contribution >= 4 is 24.0 Å². The molecule has 0 radical (unpaired) electrons. The Morgan fingerprint density at radius 2 is 1.90 bits per heavy atom. The number of aliphatic hydroxyl groups is 2. The highest BCUT2D eigenvalue weighted by Gasteiger charge is 2.49. The Bertz CT molecular complexity index is 651. The Hall–Kier alpha value is -1.92. The van der Waals surface area contributed by atoms with Gasteiger partial charge < -0.3 is 26.2 Å². The average molecular weight is 413 g/mol. The van der Waals surface area contributed by atoms with Crippen LogP contribution in [0, 0.1) is 5.92 Å². The minimum atomic E-state index is -2.22. The molecule has 2 saturated heterocycles. The molecular formula is C18H31N5O6. The number of carbonyl (C=O) groups is 4. The van der Waals surface area contributed by atoms with Gasteiger partial charge >= 0.3 is 0 Å². The molecule has 3 amide bonds. The molecule has 0 saturated carbocycles. The van der Waals surface area contributed by atoms with Gasteiger partial charge in [-0.2, -0.15) is 0 Å². The second kappa shape index (κ2) is 9.26. The summed E-state index contributed by atoms with van der Waals surface area (Å²) in [5, 5.41) is 22.6. The van der Waals surface area contributed by atoms with E-state index >= 15 is 0 Å². The fourth-order valence-corrected chi connectivity index (χ4v) is 3.64. The number of amides is 3. The number of hydrogen-bond acceptors (Lipinski definition) is 9. The first-order valence-corrected chi connectivity index (χ1v) is 9.81. The van der Waals surface area contributed by atoms with Crippen LogP contribution in [0.15, 0.2) is 0 Å². The first-order valence-electron chi connectivity index (χ1n) is 9.81. The van der Waals surface area contributed by atoms with E-state index in [0.29, 0.717) is 17.9 Å². The van der Waals surface area contributed by atoms with Crippen LogP contribution in [0.25, 0.3) is 0 Å². The number of carbonyl (C=O) groups excluding carboxylic acids is 4. The molecule has 0 aromatic rings. The van der Waals surface area contributed by atoms with E-state index in [1.807, 2.05) is 0 Å². The summed E-state index contributed by atoms with van der Waals surface area (Å²) in [4.78, 5) is 52.3. The third kappa shape index (κ3) is 4.64. The summed E-state index contributed by atoms with van der Waals surface area (Å²) in [6.07, 6.45) is -0.884. The van der Waals surface area contributed by atoms with Gasteiger partial charge in [0.05, 0.1) is 24.2 Å². The summed E-state index contributed by atoms with van der Waals surface area (Å²) in [5.74, 6) is -2.68. The van der Waals surface area contributed by atoms with E-state index in [9.17, 15) is 29.4 Å². The second-order valence-electron chi connectivity index (χ2n) is 7.88. The van der Waals surface area contributed by atoms with Gasteiger partial charge in [0.25, 0.3) is 0 Å². The van der Waals surface area contributed by atoms with Crippen LogP contribution in [0.1, 0.15) is 33.1 Å². The molecule has 6 atom stereocenters. The van der Waals surface area contributed by atoms with Crippen molar-refractivity contribution in [3.63, 3.8) is 0 Å². The summed E-state index contributed by atoms with van der Waals surface area (Å²) < 4.78 is 0. The Labute approximate surface area is 169 Å². The minimum absolute atomic E-state index is 0.0191. The van der Waals surface area contributed by atoms with Gasteiger partial charge in [0, 0.05) is 13.1 Å². The van der Waals surface area contributed by atoms with E-state index in [2.05, 4.69) is 5.32 Å². The molecule has 2 aliphatic heterocycles. The van der Waals surface area contributed by atoms with Gasteiger partial charge in [-0.1, -0.05) is 0 Å². The zero-order valence-electron chi connectivity index (χ0n) is 16.8. The summed E-state index contributed by atoms with van der Waals surface area (Å²) in [5.41, 5.74) is 9.48. The van der Waals surface area contributed by atoms with E-state index in [1.54, 1.807) is 0 Å². The number of imide groups is 1. The zero-order chi connectivity index (χ0) is 21.9. The van der Waals surface area contributed by atoms with Crippen molar-refractivity contribution in [2.24, 2.45) is 17.4 Å². The van der Waals surface area contributed by atoms with Gasteiger partial charge in [0.1, 0.15) is 6.04 Å². The largest absolute Gasteiger partial charge is 0.391 e. The molecule has 0 aromatic carbocycles. The summed E-state index contributed by atoms with van der Waals surface area (Å²) >= 11 is 0. The number of hydrogen-bond donors (Lipinski definition) is 5. The van der Waals surface area contributed by atoms with Crippen LogP contribution in [0.4, 0.5) is 0 Å². The zero-order valence-corrected chi connectivity index (χ0v) is 16.8. The van der Waals surface area contributed by atoms with Crippen molar-refractivity contribution in [3.8, 4) is 0 Å². The number of aliphatic hydroxyl groups excluding tert-OH is 2. The standard InChI is InChI=1S/C18H31N5O6/c1-10(25)14(19)17(29)22-7-5-12(8-22)15(27)23(18(20,9-24)11(2)26)16(28)13-4-3-6-21-13/h9-14,21,25-26H,3-8,19-20H2,1-2H3/t10-,11-,12+,13+,14+,18-/m1/s1. The number of nitrogens with zero attached hydrogens (tertiary/aromatic N) is 2. The molecule has 29 heavy (non-hydrogen) atoms. The summed E-state index contributed by atoms with van der Waals surface area (Å²) in [6, 6.07) is -1.80. The quantitative estimate of drug-likeness (QED) is 0.164.